The number of anilines is 2. The monoisotopic (exact) mass is 480 g/mol. The molecule has 0 radical (unpaired) electrons. The fourth-order valence-electron chi connectivity index (χ4n) is 3.29. The molecule has 1 aromatic carbocycles. The number of benzene rings is 1. The van der Waals surface area contributed by atoms with Crippen molar-refractivity contribution in [1.82, 2.24) is 19.5 Å². The van der Waals surface area contributed by atoms with Crippen LogP contribution < -0.4 is 20.3 Å². The van der Waals surface area contributed by atoms with Crippen molar-refractivity contribution < 1.29 is 13.2 Å². The fraction of sp³-hybridized carbons (Fsp3) is 0.217. The number of pyridine rings is 2. The van der Waals surface area contributed by atoms with Crippen LogP contribution >= 0.6 is 0 Å². The van der Waals surface area contributed by atoms with Gasteiger partial charge in [-0.1, -0.05) is 6.07 Å². The van der Waals surface area contributed by atoms with E-state index in [1.54, 1.807) is 31.3 Å². The van der Waals surface area contributed by atoms with Crippen LogP contribution in [0.1, 0.15) is 13.8 Å². The Kier molecular flexibility index (Phi) is 6.20. The van der Waals surface area contributed by atoms with Crippen molar-refractivity contribution in [1.29, 1.82) is 0 Å². The molecule has 11 heteroatoms. The molecule has 0 spiro atoms. The van der Waals surface area contributed by atoms with Crippen LogP contribution in [0.3, 0.4) is 0 Å². The Labute approximate surface area is 196 Å². The Morgan fingerprint density at radius 3 is 2.53 bits per heavy atom. The second kappa shape index (κ2) is 9.10. The van der Waals surface area contributed by atoms with E-state index in [-0.39, 0.29) is 17.4 Å². The topological polar surface area (TPSA) is 128 Å². The highest BCUT2D eigenvalue weighted by Gasteiger charge is 2.12. The van der Waals surface area contributed by atoms with E-state index in [9.17, 15) is 13.2 Å². The van der Waals surface area contributed by atoms with Crippen molar-refractivity contribution >= 4 is 32.7 Å². The quantitative estimate of drug-likeness (QED) is 0.412. The smallest absolute Gasteiger partial charge is 0.264 e. The van der Waals surface area contributed by atoms with E-state index in [1.165, 1.54) is 23.0 Å². The average Bonchev–Trinajstić information content (AvgIpc) is 2.76. The molecule has 0 aliphatic carbocycles. The molecule has 2 N–H and O–H groups in total. The van der Waals surface area contributed by atoms with Gasteiger partial charge in [-0.2, -0.15) is 0 Å². The SMILES string of the molecule is CC(C)Nc1ncc(-c2ccc3cc(Oc4ccnc(NS(C)(=O)=O)c4)ccc3n2)c(=O)n1C. The van der Waals surface area contributed by atoms with E-state index in [1.807, 2.05) is 26.0 Å². The number of fused-ring (bicyclic) bond motifs is 1. The van der Waals surface area contributed by atoms with Gasteiger partial charge in [0.15, 0.2) is 0 Å². The molecule has 0 aliphatic heterocycles. The molecule has 0 atom stereocenters. The average molecular weight is 481 g/mol. The van der Waals surface area contributed by atoms with Gasteiger partial charge < -0.3 is 10.1 Å². The summed E-state index contributed by atoms with van der Waals surface area (Å²) in [5.74, 6) is 1.63. The van der Waals surface area contributed by atoms with Crippen molar-refractivity contribution in [2.75, 3.05) is 16.3 Å². The summed E-state index contributed by atoms with van der Waals surface area (Å²) in [7, 11) is -1.77. The standard InChI is InChI=1S/C23H24N6O4S/c1-14(2)26-23-25-13-18(22(30)29(23)3)20-7-5-15-11-16(6-8-19(15)27-20)33-17-9-10-24-21(12-17)28-34(4,31)32/h5-14H,1-4H3,(H,24,28)(H,25,26). The van der Waals surface area contributed by atoms with Crippen LogP contribution in [0.2, 0.25) is 0 Å². The van der Waals surface area contributed by atoms with E-state index in [0.717, 1.165) is 11.6 Å². The number of hydrogen-bond donors (Lipinski definition) is 2. The molecule has 0 saturated carbocycles. The molecule has 10 nitrogen and oxygen atoms in total. The van der Waals surface area contributed by atoms with E-state index in [4.69, 9.17) is 4.74 Å². The molecule has 0 bridgehead atoms. The lowest BCUT2D eigenvalue weighted by molar-refractivity contribution is 0.483. The maximum absolute atomic E-state index is 12.9. The van der Waals surface area contributed by atoms with Gasteiger partial charge in [-0.15, -0.1) is 0 Å². The molecule has 0 unspecified atom stereocenters. The minimum atomic E-state index is -3.44. The molecule has 0 amide bonds. The van der Waals surface area contributed by atoms with Gasteiger partial charge in [0.25, 0.3) is 5.56 Å². The van der Waals surface area contributed by atoms with Gasteiger partial charge in [-0.25, -0.2) is 23.4 Å². The third kappa shape index (κ3) is 5.31. The Bertz CT molecular complexity index is 1530. The Morgan fingerprint density at radius 2 is 1.79 bits per heavy atom. The van der Waals surface area contributed by atoms with Crippen LogP contribution in [0.5, 0.6) is 11.5 Å². The maximum Gasteiger partial charge on any atom is 0.264 e. The molecule has 0 saturated heterocycles. The van der Waals surface area contributed by atoms with E-state index in [2.05, 4.69) is 25.0 Å². The number of nitrogens with zero attached hydrogens (tertiary/aromatic N) is 4. The molecule has 34 heavy (non-hydrogen) atoms. The van der Waals surface area contributed by atoms with Crippen molar-refractivity contribution in [2.24, 2.45) is 7.05 Å². The largest absolute Gasteiger partial charge is 0.457 e. The van der Waals surface area contributed by atoms with Crippen molar-refractivity contribution in [3.63, 3.8) is 0 Å². The molecule has 3 heterocycles. The van der Waals surface area contributed by atoms with Gasteiger partial charge in [0, 0.05) is 36.9 Å². The van der Waals surface area contributed by atoms with Gasteiger partial charge in [0.1, 0.15) is 17.3 Å². The normalized spacial score (nSPS) is 11.6. The zero-order chi connectivity index (χ0) is 24.5. The lowest BCUT2D eigenvalue weighted by atomic mass is 10.1. The Balaban J connectivity index is 1.60. The predicted octanol–water partition coefficient (Wildman–Crippen LogP) is 3.37. The Morgan fingerprint density at radius 1 is 1.03 bits per heavy atom. The van der Waals surface area contributed by atoms with Crippen molar-refractivity contribution in [3.8, 4) is 22.8 Å². The summed E-state index contributed by atoms with van der Waals surface area (Å²) in [6, 6.07) is 12.2. The van der Waals surface area contributed by atoms with Crippen LogP contribution in [0, 0.1) is 0 Å². The third-order valence-electron chi connectivity index (χ3n) is 4.78. The van der Waals surface area contributed by atoms with Gasteiger partial charge in [-0.05, 0) is 44.2 Å². The summed E-state index contributed by atoms with van der Waals surface area (Å²) in [4.78, 5) is 25.8. The van der Waals surface area contributed by atoms with Crippen LogP contribution in [0.15, 0.2) is 59.7 Å². The summed E-state index contributed by atoms with van der Waals surface area (Å²) in [6.07, 6.45) is 4.04. The summed E-state index contributed by atoms with van der Waals surface area (Å²) < 4.78 is 32.5. The minimum absolute atomic E-state index is 0.147. The number of aromatic nitrogens is 4. The number of rotatable bonds is 7. The number of nitrogens with one attached hydrogen (secondary N) is 2. The zero-order valence-electron chi connectivity index (χ0n) is 19.1. The summed E-state index contributed by atoms with van der Waals surface area (Å²) in [5.41, 5.74) is 1.42. The van der Waals surface area contributed by atoms with E-state index < -0.39 is 10.0 Å². The second-order valence-electron chi connectivity index (χ2n) is 8.06. The van der Waals surface area contributed by atoms with Crippen LogP contribution in [-0.4, -0.2) is 40.2 Å². The maximum atomic E-state index is 12.9. The molecule has 3 aromatic heterocycles. The van der Waals surface area contributed by atoms with Crippen LogP contribution in [0.4, 0.5) is 11.8 Å². The summed E-state index contributed by atoms with van der Waals surface area (Å²) in [6.45, 7) is 3.95. The summed E-state index contributed by atoms with van der Waals surface area (Å²) >= 11 is 0. The lowest BCUT2D eigenvalue weighted by Gasteiger charge is -2.13. The molecular formula is C23H24N6O4S. The summed E-state index contributed by atoms with van der Waals surface area (Å²) in [5, 5.41) is 3.96. The first kappa shape index (κ1) is 23.2. The predicted molar refractivity (Wildman–Crippen MR) is 132 cm³/mol. The molecule has 4 rings (SSSR count). The number of ether oxygens (including phenoxy) is 1. The van der Waals surface area contributed by atoms with Gasteiger partial charge in [-0.3, -0.25) is 14.1 Å². The molecular weight excluding hydrogens is 456 g/mol. The first-order chi connectivity index (χ1) is 16.1. The second-order valence-corrected chi connectivity index (χ2v) is 9.81. The highest BCUT2D eigenvalue weighted by molar-refractivity contribution is 7.92. The highest BCUT2D eigenvalue weighted by atomic mass is 32.2. The first-order valence-corrected chi connectivity index (χ1v) is 12.3. The van der Waals surface area contributed by atoms with Crippen molar-refractivity contribution in [2.45, 2.75) is 19.9 Å². The van der Waals surface area contributed by atoms with Gasteiger partial charge >= 0.3 is 0 Å². The number of hydrogen-bond acceptors (Lipinski definition) is 8. The zero-order valence-corrected chi connectivity index (χ0v) is 19.9. The van der Waals surface area contributed by atoms with E-state index in [0.29, 0.717) is 34.2 Å². The van der Waals surface area contributed by atoms with Crippen molar-refractivity contribution in [3.05, 3.63) is 65.2 Å². The minimum Gasteiger partial charge on any atom is -0.457 e. The molecule has 176 valence electrons. The first-order valence-electron chi connectivity index (χ1n) is 10.4. The van der Waals surface area contributed by atoms with E-state index >= 15 is 0 Å². The molecule has 0 fully saturated rings. The Hall–Kier alpha value is -3.99. The fourth-order valence-corrected chi connectivity index (χ4v) is 3.78. The van der Waals surface area contributed by atoms with Gasteiger partial charge in [0.05, 0.1) is 23.0 Å². The molecule has 4 aromatic rings. The highest BCUT2D eigenvalue weighted by Crippen LogP contribution is 2.27. The number of sulfonamides is 1. The van der Waals surface area contributed by atoms with Gasteiger partial charge in [0.2, 0.25) is 16.0 Å². The lowest BCUT2D eigenvalue weighted by Crippen LogP contribution is -2.25. The van der Waals surface area contributed by atoms with Crippen LogP contribution in [0.25, 0.3) is 22.2 Å². The third-order valence-corrected chi connectivity index (χ3v) is 5.36. The van der Waals surface area contributed by atoms with Crippen LogP contribution in [-0.2, 0) is 17.1 Å². The molecule has 0 aliphatic rings.